The molecule has 4 nitrogen and oxygen atoms in total. The number of hydrogen-bond donors (Lipinski definition) is 1. The molecule has 2 atom stereocenters. The fraction of sp³-hybridized carbons (Fsp3) is 0.455. The van der Waals surface area contributed by atoms with Crippen LogP contribution in [0.3, 0.4) is 0 Å². The molecule has 3 rings (SSSR count). The second-order valence-corrected chi connectivity index (χ2v) is 9.24. The van der Waals surface area contributed by atoms with Gasteiger partial charge in [-0.25, -0.2) is 4.39 Å². The van der Waals surface area contributed by atoms with Crippen molar-refractivity contribution in [1.29, 1.82) is 0 Å². The first-order valence-electron chi connectivity index (χ1n) is 9.81. The van der Waals surface area contributed by atoms with Crippen LogP contribution in [0.2, 0.25) is 5.02 Å². The number of aromatic nitrogens is 1. The minimum Gasteiger partial charge on any atom is -0.380 e. The van der Waals surface area contributed by atoms with Crippen molar-refractivity contribution in [2.75, 3.05) is 12.4 Å². The second-order valence-electron chi connectivity index (χ2n) is 8.83. The Morgan fingerprint density at radius 2 is 1.87 bits per heavy atom. The van der Waals surface area contributed by atoms with E-state index in [0.29, 0.717) is 29.0 Å². The summed E-state index contributed by atoms with van der Waals surface area (Å²) in [5.74, 6) is -1.07. The zero-order valence-corrected chi connectivity index (χ0v) is 18.4. The summed E-state index contributed by atoms with van der Waals surface area (Å²) in [7, 11) is 1.13. The van der Waals surface area contributed by atoms with Gasteiger partial charge in [-0.15, -0.1) is 0 Å². The van der Waals surface area contributed by atoms with E-state index in [0.717, 1.165) is 12.6 Å². The van der Waals surface area contributed by atoms with Gasteiger partial charge in [0.25, 0.3) is 0 Å². The predicted octanol–water partition coefficient (Wildman–Crippen LogP) is 5.56. The molecule has 1 amide bonds. The van der Waals surface area contributed by atoms with E-state index in [1.165, 1.54) is 24.4 Å². The lowest BCUT2D eigenvalue weighted by atomic mass is 9.93. The van der Waals surface area contributed by atoms with Crippen LogP contribution < -0.4 is 5.32 Å². The lowest BCUT2D eigenvalue weighted by molar-refractivity contribution is -0.192. The Kier molecular flexibility index (Phi) is 6.24. The zero-order valence-electron chi connectivity index (χ0n) is 17.6. The van der Waals surface area contributed by atoms with Crippen LogP contribution in [-0.2, 0) is 17.6 Å². The van der Waals surface area contributed by atoms with Gasteiger partial charge in [0, 0.05) is 18.5 Å². The van der Waals surface area contributed by atoms with E-state index in [-0.39, 0.29) is 16.8 Å². The van der Waals surface area contributed by atoms with Crippen LogP contribution in [0.1, 0.15) is 43.6 Å². The standard InChI is InChI=1S/C22H24ClF4N3O/c1-21(2,3)20(31)30(4)19(22(25,26)27)17-8-6-13(11-28-17)29-14-9-12-5-7-16(23)18(24)15(12)10-14/h5-8,11,14,19,29H,9-10H2,1-4H3. The summed E-state index contributed by atoms with van der Waals surface area (Å²) in [5, 5.41) is 3.25. The van der Waals surface area contributed by atoms with E-state index in [1.807, 2.05) is 0 Å². The number of anilines is 1. The van der Waals surface area contributed by atoms with Gasteiger partial charge in [0.1, 0.15) is 5.82 Å². The zero-order chi connectivity index (χ0) is 23.1. The number of rotatable bonds is 4. The third kappa shape index (κ3) is 4.95. The number of nitrogens with zero attached hydrogens (tertiary/aromatic N) is 2. The molecule has 0 spiro atoms. The summed E-state index contributed by atoms with van der Waals surface area (Å²) in [6, 6.07) is 3.76. The molecule has 1 heterocycles. The normalized spacial score (nSPS) is 17.3. The first-order valence-corrected chi connectivity index (χ1v) is 10.2. The smallest absolute Gasteiger partial charge is 0.380 e. The van der Waals surface area contributed by atoms with E-state index < -0.39 is 29.4 Å². The number of carbonyl (C=O) groups excluding carboxylic acids is 1. The largest absolute Gasteiger partial charge is 0.414 e. The molecule has 0 saturated carbocycles. The third-order valence-electron chi connectivity index (χ3n) is 5.31. The molecule has 1 aliphatic carbocycles. The van der Waals surface area contributed by atoms with Crippen LogP contribution in [0.25, 0.3) is 0 Å². The molecule has 168 valence electrons. The van der Waals surface area contributed by atoms with Gasteiger partial charge >= 0.3 is 6.18 Å². The van der Waals surface area contributed by atoms with Crippen LogP contribution in [-0.4, -0.2) is 35.1 Å². The maximum Gasteiger partial charge on any atom is 0.414 e. The highest BCUT2D eigenvalue weighted by Crippen LogP contribution is 2.38. The number of pyridine rings is 1. The van der Waals surface area contributed by atoms with Gasteiger partial charge in [-0.05, 0) is 42.2 Å². The second kappa shape index (κ2) is 8.30. The van der Waals surface area contributed by atoms with E-state index in [9.17, 15) is 22.4 Å². The van der Waals surface area contributed by atoms with Gasteiger partial charge in [0.15, 0.2) is 6.04 Å². The Morgan fingerprint density at radius 1 is 1.19 bits per heavy atom. The van der Waals surface area contributed by atoms with Crippen molar-refractivity contribution >= 4 is 23.2 Å². The SMILES string of the molecule is CN(C(=O)C(C)(C)C)C(c1ccc(NC2Cc3ccc(Cl)c(F)c3C2)cn1)C(F)(F)F. The molecule has 0 saturated heterocycles. The minimum absolute atomic E-state index is 0.0672. The molecule has 1 aliphatic rings. The van der Waals surface area contributed by atoms with E-state index in [1.54, 1.807) is 26.8 Å². The molecule has 0 aliphatic heterocycles. The topological polar surface area (TPSA) is 45.2 Å². The first-order chi connectivity index (χ1) is 14.3. The molecular formula is C22H24ClF4N3O. The van der Waals surface area contributed by atoms with Crippen molar-refractivity contribution in [3.8, 4) is 0 Å². The lowest BCUT2D eigenvalue weighted by Crippen LogP contribution is -2.44. The van der Waals surface area contributed by atoms with Crippen molar-refractivity contribution in [2.45, 2.75) is 51.9 Å². The van der Waals surface area contributed by atoms with Crippen molar-refractivity contribution < 1.29 is 22.4 Å². The number of halogens is 5. The van der Waals surface area contributed by atoms with Crippen molar-refractivity contribution in [2.24, 2.45) is 5.41 Å². The molecular weight excluding hydrogens is 434 g/mol. The molecule has 0 bridgehead atoms. The fourth-order valence-corrected chi connectivity index (χ4v) is 4.03. The Morgan fingerprint density at radius 3 is 2.42 bits per heavy atom. The first kappa shape index (κ1) is 23.3. The summed E-state index contributed by atoms with van der Waals surface area (Å²) in [6.07, 6.45) is -2.39. The minimum atomic E-state index is -4.68. The van der Waals surface area contributed by atoms with E-state index in [2.05, 4.69) is 10.3 Å². The summed E-state index contributed by atoms with van der Waals surface area (Å²) in [4.78, 5) is 17.1. The van der Waals surface area contributed by atoms with E-state index in [4.69, 9.17) is 11.6 Å². The summed E-state index contributed by atoms with van der Waals surface area (Å²) in [6.45, 7) is 4.69. The molecule has 2 unspecified atom stereocenters. The number of carbonyl (C=O) groups is 1. The van der Waals surface area contributed by atoms with Gasteiger partial charge < -0.3 is 10.2 Å². The Hall–Kier alpha value is -2.35. The molecule has 0 fully saturated rings. The number of fused-ring (bicyclic) bond motifs is 1. The highest BCUT2D eigenvalue weighted by Gasteiger charge is 2.47. The van der Waals surface area contributed by atoms with Gasteiger partial charge in [-0.2, -0.15) is 13.2 Å². The number of nitrogens with one attached hydrogen (secondary N) is 1. The summed E-state index contributed by atoms with van der Waals surface area (Å²) >= 11 is 5.83. The van der Waals surface area contributed by atoms with Crippen molar-refractivity contribution in [3.63, 3.8) is 0 Å². The van der Waals surface area contributed by atoms with Crippen LogP contribution in [0.15, 0.2) is 30.5 Å². The average molecular weight is 458 g/mol. The van der Waals surface area contributed by atoms with E-state index >= 15 is 0 Å². The fourth-order valence-electron chi connectivity index (χ4n) is 3.85. The third-order valence-corrected chi connectivity index (χ3v) is 5.60. The molecule has 9 heteroatoms. The van der Waals surface area contributed by atoms with Gasteiger partial charge in [-0.3, -0.25) is 9.78 Å². The van der Waals surface area contributed by atoms with Gasteiger partial charge in [0.2, 0.25) is 5.91 Å². The highest BCUT2D eigenvalue weighted by atomic mass is 35.5. The maximum absolute atomic E-state index is 14.2. The molecule has 1 aromatic carbocycles. The molecule has 2 aromatic rings. The maximum atomic E-state index is 14.2. The van der Waals surface area contributed by atoms with Crippen molar-refractivity contribution in [1.82, 2.24) is 9.88 Å². The molecule has 0 radical (unpaired) electrons. The number of amides is 1. The Labute approximate surface area is 183 Å². The monoisotopic (exact) mass is 457 g/mol. The summed E-state index contributed by atoms with van der Waals surface area (Å²) < 4.78 is 55.5. The van der Waals surface area contributed by atoms with Gasteiger partial charge in [-0.1, -0.05) is 38.4 Å². The predicted molar refractivity (Wildman–Crippen MR) is 111 cm³/mol. The van der Waals surface area contributed by atoms with Crippen LogP contribution in [0, 0.1) is 11.2 Å². The number of benzene rings is 1. The molecule has 1 aromatic heterocycles. The molecule has 1 N–H and O–H groups in total. The van der Waals surface area contributed by atoms with Crippen molar-refractivity contribution in [3.05, 3.63) is 58.1 Å². The number of hydrogen-bond acceptors (Lipinski definition) is 3. The summed E-state index contributed by atoms with van der Waals surface area (Å²) in [5.41, 5.74) is 0.678. The Bertz CT molecular complexity index is 970. The lowest BCUT2D eigenvalue weighted by Gasteiger charge is -2.33. The van der Waals surface area contributed by atoms with Crippen LogP contribution in [0.4, 0.5) is 23.2 Å². The number of alkyl halides is 3. The average Bonchev–Trinajstić information content (AvgIpc) is 3.07. The quantitative estimate of drug-likeness (QED) is 0.611. The highest BCUT2D eigenvalue weighted by molar-refractivity contribution is 6.30. The van der Waals surface area contributed by atoms with Crippen LogP contribution in [0.5, 0.6) is 0 Å². The molecule has 31 heavy (non-hydrogen) atoms. The Balaban J connectivity index is 1.77. The van der Waals surface area contributed by atoms with Crippen LogP contribution >= 0.6 is 11.6 Å². The van der Waals surface area contributed by atoms with Gasteiger partial charge in [0.05, 0.1) is 22.6 Å².